The Labute approximate surface area is 197 Å². The van der Waals surface area contributed by atoms with E-state index in [4.69, 9.17) is 11.6 Å². The summed E-state index contributed by atoms with van der Waals surface area (Å²) in [7, 11) is 0. The quantitative estimate of drug-likeness (QED) is 0.488. The molecule has 1 aliphatic carbocycles. The van der Waals surface area contributed by atoms with Crippen molar-refractivity contribution in [1.29, 1.82) is 0 Å². The van der Waals surface area contributed by atoms with Crippen LogP contribution in [-0.4, -0.2) is 41.5 Å². The third kappa shape index (κ3) is 4.10. The fourth-order valence-corrected chi connectivity index (χ4v) is 5.00. The zero-order valence-corrected chi connectivity index (χ0v) is 18.8. The van der Waals surface area contributed by atoms with E-state index >= 15 is 0 Å². The first-order valence-corrected chi connectivity index (χ1v) is 11.5. The first kappa shape index (κ1) is 21.6. The van der Waals surface area contributed by atoms with Crippen molar-refractivity contribution in [3.05, 3.63) is 105 Å². The highest BCUT2D eigenvalue weighted by Gasteiger charge is 2.33. The SMILES string of the molecule is O=C(NC1CCN(Cc2ccccc2)CC1)c1ccc2c(c1Cl)C(=O)c1ccccc1C2=O. The Balaban J connectivity index is 1.29. The molecular weight excluding hydrogens is 436 g/mol. The normalized spacial score (nSPS) is 16.3. The van der Waals surface area contributed by atoms with Gasteiger partial charge in [-0.2, -0.15) is 0 Å². The molecular formula is C27H23ClN2O3. The highest BCUT2D eigenvalue weighted by molar-refractivity contribution is 6.41. The maximum Gasteiger partial charge on any atom is 0.253 e. The van der Waals surface area contributed by atoms with Crippen LogP contribution >= 0.6 is 11.6 Å². The standard InChI is InChI=1S/C27H23ClN2O3/c28-24-22(11-10-21-23(24)26(32)20-9-5-4-8-19(20)25(21)31)27(33)29-18-12-14-30(15-13-18)16-17-6-2-1-3-7-17/h1-11,18H,12-16H2,(H,29,33). The van der Waals surface area contributed by atoms with E-state index in [0.29, 0.717) is 11.1 Å². The minimum Gasteiger partial charge on any atom is -0.349 e. The number of hydrogen-bond acceptors (Lipinski definition) is 4. The molecule has 5 rings (SSSR count). The topological polar surface area (TPSA) is 66.5 Å². The second-order valence-electron chi connectivity index (χ2n) is 8.56. The minimum absolute atomic E-state index is 0.0367. The number of halogens is 1. The summed E-state index contributed by atoms with van der Waals surface area (Å²) >= 11 is 6.54. The number of benzene rings is 3. The molecule has 1 saturated heterocycles. The lowest BCUT2D eigenvalue weighted by molar-refractivity contribution is 0.0908. The van der Waals surface area contributed by atoms with Crippen LogP contribution in [0.5, 0.6) is 0 Å². The molecule has 6 heteroatoms. The molecule has 33 heavy (non-hydrogen) atoms. The van der Waals surface area contributed by atoms with Gasteiger partial charge in [0.1, 0.15) is 0 Å². The highest BCUT2D eigenvalue weighted by Crippen LogP contribution is 2.34. The first-order chi connectivity index (χ1) is 16.0. The largest absolute Gasteiger partial charge is 0.349 e. The van der Waals surface area contributed by atoms with E-state index in [1.165, 1.54) is 11.6 Å². The van der Waals surface area contributed by atoms with Gasteiger partial charge in [-0.1, -0.05) is 66.2 Å². The number of rotatable bonds is 4. The van der Waals surface area contributed by atoms with Crippen LogP contribution in [0.2, 0.25) is 5.02 Å². The number of nitrogens with zero attached hydrogens (tertiary/aromatic N) is 1. The summed E-state index contributed by atoms with van der Waals surface area (Å²) in [6.45, 7) is 2.68. The number of amides is 1. The van der Waals surface area contributed by atoms with E-state index in [1.807, 2.05) is 18.2 Å². The Kier molecular flexibility index (Phi) is 5.83. The molecule has 3 aromatic carbocycles. The van der Waals surface area contributed by atoms with Crippen molar-refractivity contribution >= 4 is 29.1 Å². The Morgan fingerprint density at radius 2 is 1.48 bits per heavy atom. The van der Waals surface area contributed by atoms with Gasteiger partial charge in [0.25, 0.3) is 5.91 Å². The zero-order chi connectivity index (χ0) is 22.9. The third-order valence-electron chi connectivity index (χ3n) is 6.45. The summed E-state index contributed by atoms with van der Waals surface area (Å²) < 4.78 is 0. The van der Waals surface area contributed by atoms with Gasteiger partial charge in [-0.05, 0) is 30.5 Å². The minimum atomic E-state index is -0.325. The van der Waals surface area contributed by atoms with E-state index in [1.54, 1.807) is 30.3 Å². The molecule has 1 fully saturated rings. The van der Waals surface area contributed by atoms with Crippen LogP contribution < -0.4 is 5.32 Å². The predicted octanol–water partition coefficient (Wildman–Crippen LogP) is 4.51. The van der Waals surface area contributed by atoms with Crippen molar-refractivity contribution in [3.8, 4) is 0 Å². The highest BCUT2D eigenvalue weighted by atomic mass is 35.5. The number of ketones is 2. The van der Waals surface area contributed by atoms with Crippen LogP contribution in [0.4, 0.5) is 0 Å². The van der Waals surface area contributed by atoms with Crippen molar-refractivity contribution in [3.63, 3.8) is 0 Å². The summed E-state index contributed by atoms with van der Waals surface area (Å²) in [6, 6.07) is 20.1. The van der Waals surface area contributed by atoms with E-state index in [2.05, 4.69) is 22.3 Å². The molecule has 0 unspecified atom stereocenters. The molecule has 0 spiro atoms. The number of likely N-dealkylation sites (tertiary alicyclic amines) is 1. The molecule has 0 atom stereocenters. The number of hydrogen-bond donors (Lipinski definition) is 1. The summed E-state index contributed by atoms with van der Waals surface area (Å²) in [5, 5.41) is 3.11. The van der Waals surface area contributed by atoms with Gasteiger partial charge < -0.3 is 5.32 Å². The number of fused-ring (bicyclic) bond motifs is 2. The molecule has 5 nitrogen and oxygen atoms in total. The lowest BCUT2D eigenvalue weighted by Crippen LogP contribution is -2.44. The predicted molar refractivity (Wildman–Crippen MR) is 127 cm³/mol. The molecule has 1 N–H and O–H groups in total. The van der Waals surface area contributed by atoms with Gasteiger partial charge in [0.05, 0.1) is 16.1 Å². The van der Waals surface area contributed by atoms with Crippen molar-refractivity contribution in [2.45, 2.75) is 25.4 Å². The van der Waals surface area contributed by atoms with Crippen molar-refractivity contribution in [2.24, 2.45) is 0 Å². The van der Waals surface area contributed by atoms with Gasteiger partial charge in [0, 0.05) is 42.4 Å². The smallest absolute Gasteiger partial charge is 0.253 e. The van der Waals surface area contributed by atoms with Crippen LogP contribution in [0.1, 0.15) is 60.6 Å². The van der Waals surface area contributed by atoms with Gasteiger partial charge in [0.2, 0.25) is 0 Å². The Morgan fingerprint density at radius 1 is 0.848 bits per heavy atom. The van der Waals surface area contributed by atoms with Crippen molar-refractivity contribution in [1.82, 2.24) is 10.2 Å². The zero-order valence-electron chi connectivity index (χ0n) is 18.0. The number of piperidine rings is 1. The summed E-state index contributed by atoms with van der Waals surface area (Å²) in [5.74, 6) is -0.891. The maximum atomic E-state index is 13.1. The van der Waals surface area contributed by atoms with Crippen LogP contribution in [-0.2, 0) is 6.54 Å². The van der Waals surface area contributed by atoms with Gasteiger partial charge in [-0.25, -0.2) is 0 Å². The molecule has 0 radical (unpaired) electrons. The number of nitrogens with one attached hydrogen (secondary N) is 1. The Morgan fingerprint density at radius 3 is 2.18 bits per heavy atom. The average Bonchev–Trinajstić information content (AvgIpc) is 2.84. The summed E-state index contributed by atoms with van der Waals surface area (Å²) in [5.41, 5.74) is 2.55. The van der Waals surface area contributed by atoms with Gasteiger partial charge in [0.15, 0.2) is 11.6 Å². The van der Waals surface area contributed by atoms with E-state index in [0.717, 1.165) is 32.5 Å². The lowest BCUT2D eigenvalue weighted by atomic mass is 9.83. The van der Waals surface area contributed by atoms with E-state index < -0.39 is 0 Å². The number of carbonyl (C=O) groups is 3. The van der Waals surface area contributed by atoms with Gasteiger partial charge in [-0.3, -0.25) is 19.3 Å². The fourth-order valence-electron chi connectivity index (χ4n) is 4.66. The molecule has 0 saturated carbocycles. The van der Waals surface area contributed by atoms with Crippen molar-refractivity contribution in [2.75, 3.05) is 13.1 Å². The Bertz CT molecular complexity index is 1250. The summed E-state index contributed by atoms with van der Waals surface area (Å²) in [6.07, 6.45) is 1.68. The first-order valence-electron chi connectivity index (χ1n) is 11.1. The number of carbonyl (C=O) groups excluding carboxylic acids is 3. The molecule has 2 aliphatic rings. The van der Waals surface area contributed by atoms with E-state index in [-0.39, 0.29) is 45.2 Å². The van der Waals surface area contributed by atoms with Gasteiger partial charge >= 0.3 is 0 Å². The molecule has 1 aliphatic heterocycles. The monoisotopic (exact) mass is 458 g/mol. The van der Waals surface area contributed by atoms with E-state index in [9.17, 15) is 14.4 Å². The average molecular weight is 459 g/mol. The fraction of sp³-hybridized carbons (Fsp3) is 0.222. The molecule has 166 valence electrons. The van der Waals surface area contributed by atoms with Crippen LogP contribution in [0.3, 0.4) is 0 Å². The van der Waals surface area contributed by atoms with Gasteiger partial charge in [-0.15, -0.1) is 0 Å². The summed E-state index contributed by atoms with van der Waals surface area (Å²) in [4.78, 5) is 41.3. The van der Waals surface area contributed by atoms with Crippen LogP contribution in [0.15, 0.2) is 66.7 Å². The maximum absolute atomic E-state index is 13.1. The molecule has 1 amide bonds. The third-order valence-corrected chi connectivity index (χ3v) is 6.84. The van der Waals surface area contributed by atoms with Crippen LogP contribution in [0, 0.1) is 0 Å². The molecule has 0 bridgehead atoms. The molecule has 0 aromatic heterocycles. The Hall–Kier alpha value is -3.28. The lowest BCUT2D eigenvalue weighted by Gasteiger charge is -2.32. The molecule has 3 aromatic rings. The van der Waals surface area contributed by atoms with Crippen molar-refractivity contribution < 1.29 is 14.4 Å². The second-order valence-corrected chi connectivity index (χ2v) is 8.94. The van der Waals surface area contributed by atoms with Crippen LogP contribution in [0.25, 0.3) is 0 Å². The second kappa shape index (κ2) is 8.93. The molecule has 1 heterocycles.